The van der Waals surface area contributed by atoms with Crippen molar-refractivity contribution in [2.45, 2.75) is 19.0 Å². The zero-order valence-electron chi connectivity index (χ0n) is 15.2. The van der Waals surface area contributed by atoms with Gasteiger partial charge in [0.15, 0.2) is 0 Å². The van der Waals surface area contributed by atoms with Crippen molar-refractivity contribution in [1.82, 2.24) is 9.62 Å². The number of carbonyl (C=O) groups is 1. The lowest BCUT2D eigenvalue weighted by Gasteiger charge is -2.22. The molecule has 0 unspecified atom stereocenters. The highest BCUT2D eigenvalue weighted by atomic mass is 32.2. The van der Waals surface area contributed by atoms with Gasteiger partial charge in [-0.15, -0.1) is 0 Å². The van der Waals surface area contributed by atoms with Crippen LogP contribution in [0.3, 0.4) is 0 Å². The number of hydrogen-bond acceptors (Lipinski definition) is 4. The highest BCUT2D eigenvalue weighted by Crippen LogP contribution is 2.22. The van der Waals surface area contributed by atoms with E-state index in [1.165, 1.54) is 0 Å². The molecule has 2 rings (SSSR count). The number of hydrogen-bond donors (Lipinski definition) is 1. The van der Waals surface area contributed by atoms with Gasteiger partial charge in [-0.1, -0.05) is 42.5 Å². The molecule has 0 aliphatic rings. The van der Waals surface area contributed by atoms with Crippen LogP contribution in [0.15, 0.2) is 54.6 Å². The Hall–Kier alpha value is -2.38. The number of methoxy groups -OCH3 is 1. The second-order valence-electron chi connectivity index (χ2n) is 6.16. The van der Waals surface area contributed by atoms with Gasteiger partial charge in [-0.2, -0.15) is 0 Å². The molecule has 0 saturated heterocycles. The maximum atomic E-state index is 12.6. The van der Waals surface area contributed by atoms with Crippen molar-refractivity contribution < 1.29 is 17.9 Å². The summed E-state index contributed by atoms with van der Waals surface area (Å²) in [6.07, 6.45) is 1.12. The minimum Gasteiger partial charge on any atom is -0.497 e. The monoisotopic (exact) mass is 376 g/mol. The van der Waals surface area contributed by atoms with E-state index in [1.807, 2.05) is 30.3 Å². The van der Waals surface area contributed by atoms with Crippen LogP contribution in [0.2, 0.25) is 0 Å². The fourth-order valence-corrected chi connectivity index (χ4v) is 3.33. The van der Waals surface area contributed by atoms with Crippen LogP contribution in [0.5, 0.6) is 5.75 Å². The zero-order valence-corrected chi connectivity index (χ0v) is 16.0. The summed E-state index contributed by atoms with van der Waals surface area (Å²) in [6.45, 7) is 0.466. The lowest BCUT2D eigenvalue weighted by Crippen LogP contribution is -2.34. The third-order valence-corrected chi connectivity index (χ3v) is 4.65. The van der Waals surface area contributed by atoms with Crippen LogP contribution in [0.25, 0.3) is 0 Å². The first-order valence-corrected chi connectivity index (χ1v) is 10.1. The Balaban J connectivity index is 2.13. The maximum Gasteiger partial charge on any atom is 0.224 e. The van der Waals surface area contributed by atoms with Gasteiger partial charge in [0.2, 0.25) is 15.9 Å². The molecule has 0 radical (unpaired) electrons. The molecule has 1 atom stereocenters. The first-order chi connectivity index (χ1) is 12.3. The Morgan fingerprint density at radius 3 is 2.27 bits per heavy atom. The van der Waals surface area contributed by atoms with Crippen LogP contribution in [-0.4, -0.2) is 39.6 Å². The molecule has 0 spiro atoms. The predicted molar refractivity (Wildman–Crippen MR) is 101 cm³/mol. The summed E-state index contributed by atoms with van der Waals surface area (Å²) in [4.78, 5) is 14.2. The van der Waals surface area contributed by atoms with E-state index in [2.05, 4.69) is 4.72 Å². The Morgan fingerprint density at radius 2 is 1.73 bits per heavy atom. The van der Waals surface area contributed by atoms with Crippen LogP contribution in [0.4, 0.5) is 0 Å². The van der Waals surface area contributed by atoms with Crippen molar-refractivity contribution in [3.63, 3.8) is 0 Å². The summed E-state index contributed by atoms with van der Waals surface area (Å²) in [5.41, 5.74) is 1.72. The topological polar surface area (TPSA) is 75.7 Å². The number of benzene rings is 2. The second kappa shape index (κ2) is 8.82. The molecule has 6 nitrogen and oxygen atoms in total. The summed E-state index contributed by atoms with van der Waals surface area (Å²) in [5, 5.41) is 0. The predicted octanol–water partition coefficient (Wildman–Crippen LogP) is 2.33. The summed E-state index contributed by atoms with van der Waals surface area (Å²) in [7, 11) is -0.201. The number of amides is 1. The smallest absolute Gasteiger partial charge is 0.224 e. The average Bonchev–Trinajstić information content (AvgIpc) is 2.61. The minimum atomic E-state index is -3.47. The molecule has 7 heteroatoms. The standard InChI is InChI=1S/C19H24N2O4S/c1-21(14-15-7-5-4-6-8-15)19(22)13-18(20-26(3,23)24)16-9-11-17(25-2)12-10-16/h4-12,18,20H,13-14H2,1-3H3/t18-/m1/s1. The second-order valence-corrected chi connectivity index (χ2v) is 7.94. The van der Waals surface area contributed by atoms with E-state index in [0.29, 0.717) is 17.9 Å². The largest absolute Gasteiger partial charge is 0.497 e. The van der Waals surface area contributed by atoms with Gasteiger partial charge in [-0.3, -0.25) is 4.79 Å². The van der Waals surface area contributed by atoms with Gasteiger partial charge in [0.05, 0.1) is 19.4 Å². The summed E-state index contributed by atoms with van der Waals surface area (Å²) >= 11 is 0. The van der Waals surface area contributed by atoms with E-state index < -0.39 is 16.1 Å². The molecule has 0 aliphatic heterocycles. The summed E-state index contributed by atoms with van der Waals surface area (Å²) in [6, 6.07) is 16.0. The Bertz CT molecular complexity index is 820. The van der Waals surface area contributed by atoms with Crippen LogP contribution >= 0.6 is 0 Å². The first kappa shape index (κ1) is 19.9. The van der Waals surface area contributed by atoms with Crippen LogP contribution in [0.1, 0.15) is 23.6 Å². The number of nitrogens with one attached hydrogen (secondary N) is 1. The van der Waals surface area contributed by atoms with Crippen molar-refractivity contribution in [2.24, 2.45) is 0 Å². The van der Waals surface area contributed by atoms with E-state index in [1.54, 1.807) is 43.3 Å². The van der Waals surface area contributed by atoms with E-state index in [9.17, 15) is 13.2 Å². The van der Waals surface area contributed by atoms with Gasteiger partial charge in [-0.05, 0) is 23.3 Å². The van der Waals surface area contributed by atoms with Crippen LogP contribution < -0.4 is 9.46 Å². The Labute approximate surface area is 154 Å². The summed E-state index contributed by atoms with van der Waals surface area (Å²) in [5.74, 6) is 0.519. The molecular weight excluding hydrogens is 352 g/mol. The van der Waals surface area contributed by atoms with Gasteiger partial charge >= 0.3 is 0 Å². The molecule has 2 aromatic carbocycles. The lowest BCUT2D eigenvalue weighted by atomic mass is 10.0. The molecular formula is C19H24N2O4S. The number of ether oxygens (including phenoxy) is 1. The van der Waals surface area contributed by atoms with E-state index in [4.69, 9.17) is 4.74 Å². The average molecular weight is 376 g/mol. The van der Waals surface area contributed by atoms with Gasteiger partial charge in [0.1, 0.15) is 5.75 Å². The number of rotatable bonds is 8. The van der Waals surface area contributed by atoms with Crippen LogP contribution in [-0.2, 0) is 21.4 Å². The first-order valence-electron chi connectivity index (χ1n) is 8.17. The third-order valence-electron chi connectivity index (χ3n) is 3.94. The maximum absolute atomic E-state index is 12.6. The highest BCUT2D eigenvalue weighted by Gasteiger charge is 2.22. The van der Waals surface area contributed by atoms with Crippen molar-refractivity contribution in [3.05, 3.63) is 65.7 Å². The summed E-state index contributed by atoms with van der Waals surface area (Å²) < 4.78 is 31.1. The Kier molecular flexibility index (Phi) is 6.76. The Morgan fingerprint density at radius 1 is 1.12 bits per heavy atom. The molecule has 0 bridgehead atoms. The highest BCUT2D eigenvalue weighted by molar-refractivity contribution is 7.88. The molecule has 0 saturated carbocycles. The molecule has 2 aromatic rings. The molecule has 1 amide bonds. The van der Waals surface area contributed by atoms with E-state index >= 15 is 0 Å². The van der Waals surface area contributed by atoms with Gasteiger partial charge in [0, 0.05) is 20.0 Å². The zero-order chi connectivity index (χ0) is 19.2. The molecule has 0 aromatic heterocycles. The molecule has 26 heavy (non-hydrogen) atoms. The van der Waals surface area contributed by atoms with Gasteiger partial charge in [0.25, 0.3) is 0 Å². The molecule has 140 valence electrons. The molecule has 0 fully saturated rings. The van der Waals surface area contributed by atoms with E-state index in [-0.39, 0.29) is 12.3 Å². The minimum absolute atomic E-state index is 0.0305. The lowest BCUT2D eigenvalue weighted by molar-refractivity contribution is -0.130. The molecule has 0 aliphatic carbocycles. The van der Waals surface area contributed by atoms with Crippen molar-refractivity contribution in [1.29, 1.82) is 0 Å². The SMILES string of the molecule is COc1ccc([C@@H](CC(=O)N(C)Cc2ccccc2)NS(C)(=O)=O)cc1. The van der Waals surface area contributed by atoms with E-state index in [0.717, 1.165) is 11.8 Å². The van der Waals surface area contributed by atoms with Crippen molar-refractivity contribution in [2.75, 3.05) is 20.4 Å². The fourth-order valence-electron chi connectivity index (χ4n) is 2.60. The normalized spacial score (nSPS) is 12.4. The van der Waals surface area contributed by atoms with Crippen molar-refractivity contribution >= 4 is 15.9 Å². The van der Waals surface area contributed by atoms with Gasteiger partial charge < -0.3 is 9.64 Å². The molecule has 0 heterocycles. The number of carbonyl (C=O) groups excluding carboxylic acids is 1. The third kappa shape index (κ3) is 6.16. The number of nitrogens with zero attached hydrogens (tertiary/aromatic N) is 1. The number of sulfonamides is 1. The fraction of sp³-hybridized carbons (Fsp3) is 0.316. The van der Waals surface area contributed by atoms with Crippen LogP contribution in [0, 0.1) is 0 Å². The van der Waals surface area contributed by atoms with Gasteiger partial charge in [-0.25, -0.2) is 13.1 Å². The molecule has 1 N–H and O–H groups in total. The van der Waals surface area contributed by atoms with Crippen molar-refractivity contribution in [3.8, 4) is 5.75 Å². The quantitative estimate of drug-likeness (QED) is 0.767.